The van der Waals surface area contributed by atoms with E-state index in [9.17, 15) is 4.79 Å². The molecule has 1 fully saturated rings. The van der Waals surface area contributed by atoms with Crippen LogP contribution in [0.1, 0.15) is 13.3 Å². The average Bonchev–Trinajstić information content (AvgIpc) is 2.88. The minimum Gasteiger partial charge on any atom is -0.383 e. The maximum absolute atomic E-state index is 12.5. The molecule has 6 nitrogen and oxygen atoms in total. The van der Waals surface area contributed by atoms with E-state index in [1.54, 1.807) is 21.3 Å². The third kappa shape index (κ3) is 4.72. The Morgan fingerprint density at radius 3 is 2.63 bits per heavy atom. The molecule has 0 aromatic rings. The minimum atomic E-state index is -0.166. The summed E-state index contributed by atoms with van der Waals surface area (Å²) in [5.74, 6) is 0.0983. The number of hydrogen-bond acceptors (Lipinski definition) is 5. The van der Waals surface area contributed by atoms with Gasteiger partial charge in [-0.1, -0.05) is 0 Å². The second-order valence-electron chi connectivity index (χ2n) is 4.88. The van der Waals surface area contributed by atoms with Gasteiger partial charge in [-0.05, 0) is 13.3 Å². The highest BCUT2D eigenvalue weighted by Crippen LogP contribution is 2.14. The van der Waals surface area contributed by atoms with E-state index < -0.39 is 0 Å². The van der Waals surface area contributed by atoms with Crippen molar-refractivity contribution in [3.8, 4) is 0 Å². The van der Waals surface area contributed by atoms with Gasteiger partial charge in [0, 0.05) is 34.4 Å². The van der Waals surface area contributed by atoms with Crippen LogP contribution in [-0.2, 0) is 19.0 Å². The zero-order valence-corrected chi connectivity index (χ0v) is 12.3. The average molecular weight is 274 g/mol. The molecular weight excluding hydrogens is 248 g/mol. The quantitative estimate of drug-likeness (QED) is 0.668. The summed E-state index contributed by atoms with van der Waals surface area (Å²) >= 11 is 0. The van der Waals surface area contributed by atoms with Crippen LogP contribution in [0.15, 0.2) is 0 Å². The van der Waals surface area contributed by atoms with Gasteiger partial charge in [0.1, 0.15) is 0 Å². The first-order valence-electron chi connectivity index (χ1n) is 6.68. The van der Waals surface area contributed by atoms with Gasteiger partial charge in [-0.3, -0.25) is 4.79 Å². The molecule has 0 bridgehead atoms. The molecular formula is C13H26N2O4. The molecule has 19 heavy (non-hydrogen) atoms. The van der Waals surface area contributed by atoms with Crippen molar-refractivity contribution in [2.75, 3.05) is 47.6 Å². The second-order valence-corrected chi connectivity index (χ2v) is 4.88. The number of rotatable bonds is 8. The molecule has 6 heteroatoms. The molecule has 112 valence electrons. The number of hydrogen-bond donors (Lipinski definition) is 1. The molecule has 0 aromatic carbocycles. The molecule has 3 atom stereocenters. The van der Waals surface area contributed by atoms with Gasteiger partial charge in [-0.2, -0.15) is 0 Å². The summed E-state index contributed by atoms with van der Waals surface area (Å²) in [6, 6.07) is -0.128. The van der Waals surface area contributed by atoms with Gasteiger partial charge in [0.15, 0.2) is 0 Å². The monoisotopic (exact) mass is 274 g/mol. The van der Waals surface area contributed by atoms with Crippen LogP contribution in [0, 0.1) is 0 Å². The first-order chi connectivity index (χ1) is 9.13. The Bertz CT molecular complexity index is 275. The van der Waals surface area contributed by atoms with Crippen LogP contribution in [0.4, 0.5) is 0 Å². The van der Waals surface area contributed by atoms with E-state index in [4.69, 9.17) is 14.2 Å². The number of ether oxygens (including phenoxy) is 3. The van der Waals surface area contributed by atoms with Crippen LogP contribution in [0.5, 0.6) is 0 Å². The molecule has 0 aliphatic carbocycles. The highest BCUT2D eigenvalue weighted by atomic mass is 16.5. The van der Waals surface area contributed by atoms with Gasteiger partial charge < -0.3 is 24.4 Å². The molecule has 1 N–H and O–H groups in total. The van der Waals surface area contributed by atoms with Crippen LogP contribution >= 0.6 is 0 Å². The molecule has 1 heterocycles. The Balaban J connectivity index is 2.60. The zero-order valence-electron chi connectivity index (χ0n) is 12.3. The molecule has 1 aliphatic heterocycles. The van der Waals surface area contributed by atoms with Crippen molar-refractivity contribution in [3.05, 3.63) is 0 Å². The van der Waals surface area contributed by atoms with E-state index in [1.165, 1.54) is 0 Å². The standard InChI is InChI=1S/C13H26N2O4/c1-10(9-18-3)15(5-6-17-2)13(16)12-7-11(19-4)8-14-12/h10-12,14H,5-9H2,1-4H3. The van der Waals surface area contributed by atoms with Crippen molar-refractivity contribution in [1.29, 1.82) is 0 Å². The van der Waals surface area contributed by atoms with E-state index in [-0.39, 0.29) is 24.1 Å². The SMILES string of the molecule is COCCN(C(=O)C1CC(OC)CN1)C(C)COC. The fraction of sp³-hybridized carbons (Fsp3) is 0.923. The smallest absolute Gasteiger partial charge is 0.240 e. The first-order valence-corrected chi connectivity index (χ1v) is 6.68. The zero-order chi connectivity index (χ0) is 14.3. The fourth-order valence-corrected chi connectivity index (χ4v) is 2.34. The number of carbonyl (C=O) groups is 1. The van der Waals surface area contributed by atoms with Gasteiger partial charge in [-0.15, -0.1) is 0 Å². The third-order valence-corrected chi connectivity index (χ3v) is 3.48. The predicted octanol–water partition coefficient (Wildman–Crippen LogP) is -0.127. The lowest BCUT2D eigenvalue weighted by atomic mass is 10.1. The van der Waals surface area contributed by atoms with Crippen LogP contribution in [0.25, 0.3) is 0 Å². The van der Waals surface area contributed by atoms with Crippen LogP contribution < -0.4 is 5.32 Å². The van der Waals surface area contributed by atoms with Crippen molar-refractivity contribution < 1.29 is 19.0 Å². The Kier molecular flexibility index (Phi) is 7.30. The van der Waals surface area contributed by atoms with E-state index in [2.05, 4.69) is 5.32 Å². The van der Waals surface area contributed by atoms with Crippen molar-refractivity contribution in [3.63, 3.8) is 0 Å². The van der Waals surface area contributed by atoms with E-state index in [1.807, 2.05) is 11.8 Å². The molecule has 3 unspecified atom stereocenters. The van der Waals surface area contributed by atoms with Crippen LogP contribution in [0.3, 0.4) is 0 Å². The largest absolute Gasteiger partial charge is 0.383 e. The Morgan fingerprint density at radius 1 is 1.37 bits per heavy atom. The van der Waals surface area contributed by atoms with Gasteiger partial charge in [-0.25, -0.2) is 0 Å². The highest BCUT2D eigenvalue weighted by Gasteiger charge is 2.33. The molecule has 1 amide bonds. The summed E-state index contributed by atoms with van der Waals surface area (Å²) in [6.07, 6.45) is 0.842. The van der Waals surface area contributed by atoms with Crippen molar-refractivity contribution in [2.45, 2.75) is 31.5 Å². The number of carbonyl (C=O) groups excluding carboxylic acids is 1. The Morgan fingerprint density at radius 2 is 2.11 bits per heavy atom. The number of nitrogens with zero attached hydrogens (tertiary/aromatic N) is 1. The summed E-state index contributed by atoms with van der Waals surface area (Å²) in [4.78, 5) is 14.3. The van der Waals surface area contributed by atoms with E-state index in [0.717, 1.165) is 13.0 Å². The second kappa shape index (κ2) is 8.47. The van der Waals surface area contributed by atoms with Gasteiger partial charge >= 0.3 is 0 Å². The summed E-state index contributed by atoms with van der Waals surface area (Å²) in [5.41, 5.74) is 0. The van der Waals surface area contributed by atoms with Crippen LogP contribution in [0.2, 0.25) is 0 Å². The van der Waals surface area contributed by atoms with Crippen molar-refractivity contribution in [1.82, 2.24) is 10.2 Å². The molecule has 1 aliphatic rings. The topological polar surface area (TPSA) is 60.0 Å². The molecule has 0 radical (unpaired) electrons. The Labute approximate surface area is 115 Å². The maximum Gasteiger partial charge on any atom is 0.240 e. The normalized spacial score (nSPS) is 24.4. The fourth-order valence-electron chi connectivity index (χ4n) is 2.34. The number of methoxy groups -OCH3 is 3. The molecule has 0 saturated carbocycles. The van der Waals surface area contributed by atoms with Crippen LogP contribution in [-0.4, -0.2) is 76.6 Å². The first kappa shape index (κ1) is 16.4. The highest BCUT2D eigenvalue weighted by molar-refractivity contribution is 5.82. The summed E-state index contributed by atoms with van der Waals surface area (Å²) in [5, 5.41) is 3.21. The number of nitrogens with one attached hydrogen (secondary N) is 1. The van der Waals surface area contributed by atoms with E-state index >= 15 is 0 Å². The van der Waals surface area contributed by atoms with Crippen molar-refractivity contribution in [2.24, 2.45) is 0 Å². The summed E-state index contributed by atoms with van der Waals surface area (Å²) < 4.78 is 15.5. The van der Waals surface area contributed by atoms with Crippen molar-refractivity contribution >= 4 is 5.91 Å². The summed E-state index contributed by atoms with van der Waals surface area (Å²) in [7, 11) is 4.96. The Hall–Kier alpha value is -0.690. The lowest BCUT2D eigenvalue weighted by molar-refractivity contribution is -0.137. The van der Waals surface area contributed by atoms with Gasteiger partial charge in [0.2, 0.25) is 5.91 Å². The minimum absolute atomic E-state index is 0.0380. The molecule has 1 saturated heterocycles. The van der Waals surface area contributed by atoms with E-state index in [0.29, 0.717) is 19.8 Å². The maximum atomic E-state index is 12.5. The predicted molar refractivity (Wildman–Crippen MR) is 72.1 cm³/mol. The summed E-state index contributed by atoms with van der Waals surface area (Å²) in [6.45, 7) is 4.34. The molecule has 0 aromatic heterocycles. The number of amides is 1. The lowest BCUT2D eigenvalue weighted by Gasteiger charge is -2.31. The van der Waals surface area contributed by atoms with Gasteiger partial charge in [0.25, 0.3) is 0 Å². The lowest BCUT2D eigenvalue weighted by Crippen LogP contribution is -2.50. The molecule has 0 spiro atoms. The third-order valence-electron chi connectivity index (χ3n) is 3.48. The molecule has 1 rings (SSSR count). The van der Waals surface area contributed by atoms with Gasteiger partial charge in [0.05, 0.1) is 31.4 Å².